The Balaban J connectivity index is 2.30. The Kier molecular flexibility index (Phi) is 2.90. The average Bonchev–Trinajstić information content (AvgIpc) is 2.83. The van der Waals surface area contributed by atoms with Gasteiger partial charge in [-0.25, -0.2) is 4.68 Å². The summed E-state index contributed by atoms with van der Waals surface area (Å²) in [5, 5.41) is 13.6. The van der Waals surface area contributed by atoms with Crippen molar-refractivity contribution in [1.29, 1.82) is 0 Å². The van der Waals surface area contributed by atoms with Gasteiger partial charge in [0, 0.05) is 12.1 Å². The molecule has 0 bridgehead atoms. The standard InChI is InChI=1S/C10H11N5O/c1-2-11-10(16)8-4-3-5-9(6-8)15-7-12-13-14-15/h3-7H,2H2,1H3,(H,11,16). The van der Waals surface area contributed by atoms with Crippen LogP contribution in [-0.2, 0) is 0 Å². The van der Waals surface area contributed by atoms with Crippen molar-refractivity contribution in [1.82, 2.24) is 25.5 Å². The van der Waals surface area contributed by atoms with Crippen molar-refractivity contribution in [2.75, 3.05) is 6.54 Å². The molecule has 0 saturated heterocycles. The van der Waals surface area contributed by atoms with Crippen molar-refractivity contribution in [2.45, 2.75) is 6.92 Å². The van der Waals surface area contributed by atoms with E-state index in [0.717, 1.165) is 5.69 Å². The molecule has 2 aromatic rings. The molecule has 2 rings (SSSR count). The average molecular weight is 217 g/mol. The van der Waals surface area contributed by atoms with Gasteiger partial charge < -0.3 is 5.32 Å². The Morgan fingerprint density at radius 2 is 2.38 bits per heavy atom. The number of benzene rings is 1. The Morgan fingerprint density at radius 3 is 3.06 bits per heavy atom. The van der Waals surface area contributed by atoms with Crippen LogP contribution in [0.2, 0.25) is 0 Å². The summed E-state index contributed by atoms with van der Waals surface area (Å²) < 4.78 is 1.50. The van der Waals surface area contributed by atoms with Crippen LogP contribution < -0.4 is 5.32 Å². The number of hydrogen-bond donors (Lipinski definition) is 1. The minimum Gasteiger partial charge on any atom is -0.352 e. The third-order valence-electron chi connectivity index (χ3n) is 2.06. The highest BCUT2D eigenvalue weighted by Gasteiger charge is 2.05. The first-order valence-corrected chi connectivity index (χ1v) is 4.93. The van der Waals surface area contributed by atoms with Crippen LogP contribution in [-0.4, -0.2) is 32.7 Å². The first kappa shape index (κ1) is 10.3. The van der Waals surface area contributed by atoms with Gasteiger partial charge in [0.1, 0.15) is 6.33 Å². The molecular weight excluding hydrogens is 206 g/mol. The normalized spacial score (nSPS) is 10.1. The van der Waals surface area contributed by atoms with E-state index in [1.54, 1.807) is 18.2 Å². The second-order valence-electron chi connectivity index (χ2n) is 3.16. The number of rotatable bonds is 3. The van der Waals surface area contributed by atoms with E-state index in [0.29, 0.717) is 12.1 Å². The predicted octanol–water partition coefficient (Wildman–Crippen LogP) is 0.412. The summed E-state index contributed by atoms with van der Waals surface area (Å²) in [7, 11) is 0. The van der Waals surface area contributed by atoms with Crippen LogP contribution in [0.25, 0.3) is 5.69 Å². The molecule has 0 aliphatic carbocycles. The van der Waals surface area contributed by atoms with Crippen molar-refractivity contribution in [3.05, 3.63) is 36.2 Å². The highest BCUT2D eigenvalue weighted by Crippen LogP contribution is 2.08. The van der Waals surface area contributed by atoms with Gasteiger partial charge in [-0.05, 0) is 35.5 Å². The first-order chi connectivity index (χ1) is 7.81. The topological polar surface area (TPSA) is 72.7 Å². The minimum absolute atomic E-state index is 0.0996. The zero-order valence-corrected chi connectivity index (χ0v) is 8.79. The second-order valence-corrected chi connectivity index (χ2v) is 3.16. The smallest absolute Gasteiger partial charge is 0.251 e. The van der Waals surface area contributed by atoms with Crippen LogP contribution >= 0.6 is 0 Å². The quantitative estimate of drug-likeness (QED) is 0.808. The van der Waals surface area contributed by atoms with Gasteiger partial charge in [-0.3, -0.25) is 4.79 Å². The Morgan fingerprint density at radius 1 is 1.50 bits per heavy atom. The van der Waals surface area contributed by atoms with Gasteiger partial charge in [0.25, 0.3) is 5.91 Å². The van der Waals surface area contributed by atoms with Crippen LogP contribution in [0, 0.1) is 0 Å². The molecule has 16 heavy (non-hydrogen) atoms. The third kappa shape index (κ3) is 2.05. The van der Waals surface area contributed by atoms with E-state index < -0.39 is 0 Å². The number of carbonyl (C=O) groups excluding carboxylic acids is 1. The van der Waals surface area contributed by atoms with E-state index in [1.807, 2.05) is 13.0 Å². The van der Waals surface area contributed by atoms with E-state index >= 15 is 0 Å². The van der Waals surface area contributed by atoms with Crippen molar-refractivity contribution in [2.24, 2.45) is 0 Å². The fourth-order valence-electron chi connectivity index (χ4n) is 1.33. The zero-order chi connectivity index (χ0) is 11.4. The number of nitrogens with one attached hydrogen (secondary N) is 1. The van der Waals surface area contributed by atoms with E-state index in [1.165, 1.54) is 11.0 Å². The molecular formula is C10H11N5O. The molecule has 1 amide bonds. The van der Waals surface area contributed by atoms with E-state index in [4.69, 9.17) is 0 Å². The third-order valence-corrected chi connectivity index (χ3v) is 2.06. The van der Waals surface area contributed by atoms with Gasteiger partial charge in [-0.2, -0.15) is 0 Å². The van der Waals surface area contributed by atoms with E-state index in [-0.39, 0.29) is 5.91 Å². The summed E-state index contributed by atoms with van der Waals surface area (Å²) in [4.78, 5) is 11.6. The molecule has 0 aliphatic rings. The first-order valence-electron chi connectivity index (χ1n) is 4.93. The molecule has 0 aliphatic heterocycles. The lowest BCUT2D eigenvalue weighted by molar-refractivity contribution is 0.0956. The molecule has 1 N–H and O–H groups in total. The highest BCUT2D eigenvalue weighted by atomic mass is 16.1. The Bertz CT molecular complexity index is 480. The van der Waals surface area contributed by atoms with Gasteiger partial charge in [0.05, 0.1) is 5.69 Å². The van der Waals surface area contributed by atoms with Crippen LogP contribution in [0.4, 0.5) is 0 Å². The lowest BCUT2D eigenvalue weighted by atomic mass is 10.2. The van der Waals surface area contributed by atoms with Gasteiger partial charge in [-0.15, -0.1) is 5.10 Å². The maximum Gasteiger partial charge on any atom is 0.251 e. The van der Waals surface area contributed by atoms with Gasteiger partial charge >= 0.3 is 0 Å². The molecule has 0 unspecified atom stereocenters. The molecule has 0 fully saturated rings. The Hall–Kier alpha value is -2.24. The lowest BCUT2D eigenvalue weighted by Crippen LogP contribution is -2.22. The van der Waals surface area contributed by atoms with Gasteiger partial charge in [0.15, 0.2) is 0 Å². The van der Waals surface area contributed by atoms with Crippen molar-refractivity contribution in [3.63, 3.8) is 0 Å². The summed E-state index contributed by atoms with van der Waals surface area (Å²) in [5.74, 6) is -0.0996. The highest BCUT2D eigenvalue weighted by molar-refractivity contribution is 5.94. The van der Waals surface area contributed by atoms with Crippen LogP contribution in [0.1, 0.15) is 17.3 Å². The molecule has 6 heteroatoms. The van der Waals surface area contributed by atoms with Gasteiger partial charge in [-0.1, -0.05) is 6.07 Å². The predicted molar refractivity (Wildman–Crippen MR) is 57.2 cm³/mol. The van der Waals surface area contributed by atoms with E-state index in [2.05, 4.69) is 20.8 Å². The summed E-state index contributed by atoms with van der Waals surface area (Å²) in [6, 6.07) is 7.11. The number of hydrogen-bond acceptors (Lipinski definition) is 4. The summed E-state index contributed by atoms with van der Waals surface area (Å²) in [6.45, 7) is 2.48. The molecule has 6 nitrogen and oxygen atoms in total. The van der Waals surface area contributed by atoms with E-state index in [9.17, 15) is 4.79 Å². The lowest BCUT2D eigenvalue weighted by Gasteiger charge is -2.04. The van der Waals surface area contributed by atoms with Crippen LogP contribution in [0.3, 0.4) is 0 Å². The second kappa shape index (κ2) is 4.52. The molecule has 1 heterocycles. The molecule has 1 aromatic carbocycles. The monoisotopic (exact) mass is 217 g/mol. The number of nitrogens with zero attached hydrogens (tertiary/aromatic N) is 4. The number of carbonyl (C=O) groups is 1. The fraction of sp³-hybridized carbons (Fsp3) is 0.200. The maximum absolute atomic E-state index is 11.6. The van der Waals surface area contributed by atoms with Crippen molar-refractivity contribution < 1.29 is 4.79 Å². The molecule has 0 spiro atoms. The fourth-order valence-corrected chi connectivity index (χ4v) is 1.33. The molecule has 0 atom stereocenters. The zero-order valence-electron chi connectivity index (χ0n) is 8.79. The number of amides is 1. The molecule has 0 saturated carbocycles. The molecule has 82 valence electrons. The Labute approximate surface area is 92.3 Å². The van der Waals surface area contributed by atoms with Crippen LogP contribution in [0.15, 0.2) is 30.6 Å². The summed E-state index contributed by atoms with van der Waals surface area (Å²) in [5.41, 5.74) is 1.35. The summed E-state index contributed by atoms with van der Waals surface area (Å²) in [6.07, 6.45) is 1.48. The van der Waals surface area contributed by atoms with Crippen LogP contribution in [0.5, 0.6) is 0 Å². The number of aromatic nitrogens is 4. The maximum atomic E-state index is 11.6. The largest absolute Gasteiger partial charge is 0.352 e. The van der Waals surface area contributed by atoms with Gasteiger partial charge in [0.2, 0.25) is 0 Å². The molecule has 0 radical (unpaired) electrons. The summed E-state index contributed by atoms with van der Waals surface area (Å²) >= 11 is 0. The van der Waals surface area contributed by atoms with Crippen molar-refractivity contribution in [3.8, 4) is 5.69 Å². The molecule has 1 aromatic heterocycles. The number of tetrazole rings is 1. The van der Waals surface area contributed by atoms with Crippen molar-refractivity contribution >= 4 is 5.91 Å². The minimum atomic E-state index is -0.0996. The SMILES string of the molecule is CCNC(=O)c1cccc(-n2cnnn2)c1.